The number of rotatable bonds is 43. The van der Waals surface area contributed by atoms with Crippen molar-refractivity contribution in [3.8, 4) is 0 Å². The number of allylic oxidation sites excluding steroid dienone is 13. The number of hydrogen-bond acceptors (Lipinski definition) is 10. The third-order valence-corrected chi connectivity index (χ3v) is 12.1. The van der Waals surface area contributed by atoms with Crippen LogP contribution in [-0.2, 0) is 23.8 Å². The molecule has 0 spiro atoms. The van der Waals surface area contributed by atoms with Crippen LogP contribution in [-0.4, -0.2) is 99.6 Å². The van der Waals surface area contributed by atoms with Gasteiger partial charge in [-0.2, -0.15) is 0 Å². The number of carbonyl (C=O) groups excluding carboxylic acids is 2. The van der Waals surface area contributed by atoms with Crippen molar-refractivity contribution >= 4 is 11.9 Å². The highest BCUT2D eigenvalue weighted by Gasteiger charge is 2.47. The van der Waals surface area contributed by atoms with E-state index in [1.807, 2.05) is 18.2 Å². The summed E-state index contributed by atoms with van der Waals surface area (Å²) in [7, 11) is 0. The van der Waals surface area contributed by atoms with E-state index in [0.717, 1.165) is 116 Å². The second-order valence-electron chi connectivity index (χ2n) is 18.3. The molecule has 68 heavy (non-hydrogen) atoms. The van der Waals surface area contributed by atoms with Crippen molar-refractivity contribution < 1.29 is 49.3 Å². The first-order valence-electron chi connectivity index (χ1n) is 26.9. The van der Waals surface area contributed by atoms with Crippen molar-refractivity contribution in [1.82, 2.24) is 5.32 Å². The molecular weight excluding hydrogens is 859 g/mol. The smallest absolute Gasteiger partial charge is 0.306 e. The molecule has 1 aliphatic heterocycles. The Labute approximate surface area is 413 Å². The summed E-state index contributed by atoms with van der Waals surface area (Å²) in [5, 5.41) is 56.6. The van der Waals surface area contributed by atoms with Gasteiger partial charge in [-0.05, 0) is 77.0 Å². The third-order valence-electron chi connectivity index (χ3n) is 12.1. The van der Waals surface area contributed by atoms with Gasteiger partial charge in [0, 0.05) is 6.42 Å². The van der Waals surface area contributed by atoms with E-state index < -0.39 is 67.4 Å². The number of aliphatic hydroxyl groups is 5. The van der Waals surface area contributed by atoms with Crippen LogP contribution in [0.5, 0.6) is 0 Å². The minimum Gasteiger partial charge on any atom is -0.454 e. The molecule has 6 N–H and O–H groups in total. The molecule has 1 rings (SSSR count). The minimum atomic E-state index is -1.63. The standard InChI is InChI=1S/C57H97NO10/c1-4-7-10-13-16-19-22-24-25-27-30-33-36-39-42-45-52(62)68-55-54(64)53(63)51(46-59)67-57(55)66-47-48(49(60)43-40-37-34-31-28-21-18-15-12-9-6-3)58-56(65)50(61)44-41-38-35-32-29-26-23-20-17-14-11-8-5-2/h7-8,10-11,13,16-17,19-20,22,26,29,40,43,48-51,53-55,57,59-61,63-64H,4-6,9,12,14-15,18,21,23-25,27-28,30-39,41-42,44-47H2,1-3H3,(H,58,65)/b10-7+,11-8+,16-13+,20-17+,22-19+,29-26+,43-40+. The number of aliphatic hydroxyl groups excluding tert-OH is 5. The average molecular weight is 956 g/mol. The molecule has 8 atom stereocenters. The molecule has 1 aliphatic rings. The van der Waals surface area contributed by atoms with Gasteiger partial charge < -0.3 is 45.1 Å². The minimum absolute atomic E-state index is 0.103. The van der Waals surface area contributed by atoms with Crippen molar-refractivity contribution in [2.24, 2.45) is 0 Å². The number of esters is 1. The lowest BCUT2D eigenvalue weighted by Gasteiger charge is -2.41. The Balaban J connectivity index is 2.78. The van der Waals surface area contributed by atoms with Gasteiger partial charge in [0.2, 0.25) is 5.91 Å². The van der Waals surface area contributed by atoms with Crippen LogP contribution in [0.2, 0.25) is 0 Å². The highest BCUT2D eigenvalue weighted by molar-refractivity contribution is 5.80. The van der Waals surface area contributed by atoms with E-state index in [2.05, 4.69) is 86.8 Å². The average Bonchev–Trinajstić information content (AvgIpc) is 3.33. The zero-order chi connectivity index (χ0) is 49.7. The molecule has 11 heteroatoms. The Kier molecular flexibility index (Phi) is 41.6. The maximum atomic E-state index is 13.3. The van der Waals surface area contributed by atoms with Crippen molar-refractivity contribution in [2.45, 2.75) is 250 Å². The number of ether oxygens (including phenoxy) is 3. The topological polar surface area (TPSA) is 175 Å². The van der Waals surface area contributed by atoms with Crippen LogP contribution < -0.4 is 5.32 Å². The highest BCUT2D eigenvalue weighted by atomic mass is 16.7. The molecule has 1 fully saturated rings. The fourth-order valence-electron chi connectivity index (χ4n) is 7.84. The molecular formula is C57H97NO10. The molecule has 1 amide bonds. The van der Waals surface area contributed by atoms with Crippen LogP contribution in [0, 0.1) is 0 Å². The molecule has 11 nitrogen and oxygen atoms in total. The SMILES string of the molecule is CC/C=C/C=C/C=C/CCCCCCCCCC(=O)OC1C(OCC(NC(=O)C(O)CCCCC/C=C/C/C=C/C/C=C/CC)C(O)/C=C/CCCCCCCCCCC)OC(CO)C(O)C1O. The van der Waals surface area contributed by atoms with E-state index in [4.69, 9.17) is 14.2 Å². The Hall–Kier alpha value is -3.16. The van der Waals surface area contributed by atoms with Gasteiger partial charge in [0.05, 0.1) is 25.4 Å². The maximum absolute atomic E-state index is 13.3. The molecule has 0 bridgehead atoms. The summed E-state index contributed by atoms with van der Waals surface area (Å²) in [6.45, 7) is 5.48. The quantitative estimate of drug-likeness (QED) is 0.0149. The molecule has 0 aromatic carbocycles. The molecule has 1 heterocycles. The van der Waals surface area contributed by atoms with Gasteiger partial charge in [0.25, 0.3) is 0 Å². The third kappa shape index (κ3) is 33.4. The Morgan fingerprint density at radius 3 is 1.75 bits per heavy atom. The normalized spacial score (nSPS) is 20.6. The lowest BCUT2D eigenvalue weighted by molar-refractivity contribution is -0.305. The summed E-state index contributed by atoms with van der Waals surface area (Å²) < 4.78 is 17.5. The molecule has 8 unspecified atom stereocenters. The number of nitrogens with one attached hydrogen (secondary N) is 1. The predicted molar refractivity (Wildman–Crippen MR) is 278 cm³/mol. The van der Waals surface area contributed by atoms with Crippen LogP contribution in [0.25, 0.3) is 0 Å². The van der Waals surface area contributed by atoms with Crippen LogP contribution >= 0.6 is 0 Å². The van der Waals surface area contributed by atoms with Crippen molar-refractivity contribution in [3.63, 3.8) is 0 Å². The van der Waals surface area contributed by atoms with E-state index >= 15 is 0 Å². The van der Waals surface area contributed by atoms with E-state index in [9.17, 15) is 35.1 Å². The molecule has 0 aromatic rings. The van der Waals surface area contributed by atoms with Gasteiger partial charge in [-0.15, -0.1) is 0 Å². The van der Waals surface area contributed by atoms with Crippen LogP contribution in [0.3, 0.4) is 0 Å². The summed E-state index contributed by atoms with van der Waals surface area (Å²) in [4.78, 5) is 26.4. The van der Waals surface area contributed by atoms with Gasteiger partial charge >= 0.3 is 5.97 Å². The van der Waals surface area contributed by atoms with Crippen LogP contribution in [0.15, 0.2) is 85.1 Å². The molecule has 0 aliphatic carbocycles. The second-order valence-corrected chi connectivity index (χ2v) is 18.3. The maximum Gasteiger partial charge on any atom is 0.306 e. The van der Waals surface area contributed by atoms with Crippen LogP contribution in [0.4, 0.5) is 0 Å². The van der Waals surface area contributed by atoms with Gasteiger partial charge in [-0.1, -0.05) is 202 Å². The summed E-state index contributed by atoms with van der Waals surface area (Å²) >= 11 is 0. The Bertz CT molecular complexity index is 1420. The highest BCUT2D eigenvalue weighted by Crippen LogP contribution is 2.26. The lowest BCUT2D eigenvalue weighted by Crippen LogP contribution is -2.61. The lowest BCUT2D eigenvalue weighted by atomic mass is 9.99. The van der Waals surface area contributed by atoms with Gasteiger partial charge in [0.1, 0.15) is 24.4 Å². The van der Waals surface area contributed by atoms with E-state index in [0.29, 0.717) is 12.8 Å². The van der Waals surface area contributed by atoms with Crippen molar-refractivity contribution in [1.29, 1.82) is 0 Å². The van der Waals surface area contributed by atoms with Gasteiger partial charge in [-0.3, -0.25) is 9.59 Å². The number of hydrogen-bond donors (Lipinski definition) is 6. The Morgan fingerprint density at radius 2 is 1.13 bits per heavy atom. The van der Waals surface area contributed by atoms with E-state index in [1.165, 1.54) is 38.5 Å². The number of amides is 1. The van der Waals surface area contributed by atoms with E-state index in [1.54, 1.807) is 6.08 Å². The number of unbranched alkanes of at least 4 members (excludes halogenated alkanes) is 19. The van der Waals surface area contributed by atoms with E-state index in [-0.39, 0.29) is 19.4 Å². The fourth-order valence-corrected chi connectivity index (χ4v) is 7.84. The zero-order valence-corrected chi connectivity index (χ0v) is 42.7. The molecule has 0 aromatic heterocycles. The van der Waals surface area contributed by atoms with Gasteiger partial charge in [-0.25, -0.2) is 0 Å². The number of carbonyl (C=O) groups is 2. The van der Waals surface area contributed by atoms with Gasteiger partial charge in [0.15, 0.2) is 12.4 Å². The van der Waals surface area contributed by atoms with Crippen molar-refractivity contribution in [2.75, 3.05) is 13.2 Å². The summed E-state index contributed by atoms with van der Waals surface area (Å²) in [5.74, 6) is -1.24. The molecule has 390 valence electrons. The summed E-state index contributed by atoms with van der Waals surface area (Å²) in [5.41, 5.74) is 0. The molecule has 1 saturated heterocycles. The zero-order valence-electron chi connectivity index (χ0n) is 42.7. The predicted octanol–water partition coefficient (Wildman–Crippen LogP) is 11.4. The summed E-state index contributed by atoms with van der Waals surface area (Å²) in [6, 6.07) is -1.04. The molecule has 0 radical (unpaired) electrons. The largest absolute Gasteiger partial charge is 0.454 e. The fraction of sp³-hybridized carbons (Fsp3) is 0.719. The monoisotopic (exact) mass is 956 g/mol. The first-order chi connectivity index (χ1) is 33.2. The van der Waals surface area contributed by atoms with Crippen LogP contribution in [0.1, 0.15) is 201 Å². The first kappa shape index (κ1) is 62.9. The molecule has 0 saturated carbocycles. The van der Waals surface area contributed by atoms with Crippen molar-refractivity contribution in [3.05, 3.63) is 85.1 Å². The second kappa shape index (κ2) is 45.0. The Morgan fingerprint density at radius 1 is 0.603 bits per heavy atom. The summed E-state index contributed by atoms with van der Waals surface area (Å²) in [6.07, 6.45) is 46.3. The first-order valence-corrected chi connectivity index (χ1v) is 26.9.